The van der Waals surface area contributed by atoms with Crippen LogP contribution in [-0.2, 0) is 4.74 Å². The lowest BCUT2D eigenvalue weighted by atomic mass is 10.0. The van der Waals surface area contributed by atoms with Gasteiger partial charge in [0.15, 0.2) is 0 Å². The molecule has 0 aliphatic rings. The van der Waals surface area contributed by atoms with Crippen molar-refractivity contribution in [3.63, 3.8) is 0 Å². The standard InChI is InChI=1S/C14H21BrO2Si/c1-10-8-12(15)9-11(2)13(10)14(16)17-6-7-18(3,4)5/h8-9H,6-7H2,1-5H3. The fourth-order valence-electron chi connectivity index (χ4n) is 1.75. The van der Waals surface area contributed by atoms with E-state index in [2.05, 4.69) is 35.6 Å². The molecular weight excluding hydrogens is 308 g/mol. The third kappa shape index (κ3) is 4.57. The fourth-order valence-corrected chi connectivity index (χ4v) is 3.16. The van der Waals surface area contributed by atoms with Gasteiger partial charge in [0.2, 0.25) is 0 Å². The van der Waals surface area contributed by atoms with Crippen LogP contribution >= 0.6 is 15.9 Å². The topological polar surface area (TPSA) is 26.3 Å². The normalized spacial score (nSPS) is 11.4. The van der Waals surface area contributed by atoms with Gasteiger partial charge in [0.25, 0.3) is 0 Å². The zero-order chi connectivity index (χ0) is 13.9. The van der Waals surface area contributed by atoms with Crippen molar-refractivity contribution >= 4 is 30.0 Å². The first-order valence-corrected chi connectivity index (χ1v) is 10.6. The molecule has 2 nitrogen and oxygen atoms in total. The fraction of sp³-hybridized carbons (Fsp3) is 0.500. The molecule has 0 saturated carbocycles. The molecule has 0 unspecified atom stereocenters. The van der Waals surface area contributed by atoms with Crippen molar-refractivity contribution < 1.29 is 9.53 Å². The van der Waals surface area contributed by atoms with E-state index in [4.69, 9.17) is 4.74 Å². The molecule has 0 amide bonds. The van der Waals surface area contributed by atoms with E-state index >= 15 is 0 Å². The van der Waals surface area contributed by atoms with Gasteiger partial charge in [-0.2, -0.15) is 0 Å². The second-order valence-corrected chi connectivity index (χ2v) is 12.4. The summed E-state index contributed by atoms with van der Waals surface area (Å²) in [6, 6.07) is 4.90. The number of ether oxygens (including phenoxy) is 1. The number of hydrogen-bond donors (Lipinski definition) is 0. The maximum absolute atomic E-state index is 12.1. The Morgan fingerprint density at radius 2 is 1.72 bits per heavy atom. The van der Waals surface area contributed by atoms with Gasteiger partial charge in [0.1, 0.15) is 0 Å². The van der Waals surface area contributed by atoms with E-state index in [0.29, 0.717) is 12.2 Å². The summed E-state index contributed by atoms with van der Waals surface area (Å²) in [5.74, 6) is -0.198. The Balaban J connectivity index is 2.74. The van der Waals surface area contributed by atoms with Gasteiger partial charge in [-0.3, -0.25) is 0 Å². The number of halogens is 1. The van der Waals surface area contributed by atoms with Crippen molar-refractivity contribution in [2.24, 2.45) is 0 Å². The Labute approximate surface area is 119 Å². The van der Waals surface area contributed by atoms with Gasteiger partial charge < -0.3 is 4.74 Å². The van der Waals surface area contributed by atoms with Crippen LogP contribution < -0.4 is 0 Å². The number of carbonyl (C=O) groups is 1. The van der Waals surface area contributed by atoms with Crippen LogP contribution in [0.5, 0.6) is 0 Å². The molecule has 0 heterocycles. The molecule has 0 fully saturated rings. The molecule has 0 N–H and O–H groups in total. The maximum Gasteiger partial charge on any atom is 0.338 e. The summed E-state index contributed by atoms with van der Waals surface area (Å²) >= 11 is 3.43. The highest BCUT2D eigenvalue weighted by atomic mass is 79.9. The van der Waals surface area contributed by atoms with Gasteiger partial charge in [-0.15, -0.1) is 0 Å². The summed E-state index contributed by atoms with van der Waals surface area (Å²) in [4.78, 5) is 12.1. The van der Waals surface area contributed by atoms with Crippen molar-refractivity contribution in [3.8, 4) is 0 Å². The van der Waals surface area contributed by atoms with Crippen molar-refractivity contribution in [2.45, 2.75) is 39.5 Å². The van der Waals surface area contributed by atoms with Crippen LogP contribution in [0.25, 0.3) is 0 Å². The maximum atomic E-state index is 12.1. The molecule has 1 aromatic rings. The van der Waals surface area contributed by atoms with Crippen LogP contribution in [0.2, 0.25) is 25.7 Å². The highest BCUT2D eigenvalue weighted by Gasteiger charge is 2.17. The number of rotatable bonds is 4. The zero-order valence-corrected chi connectivity index (χ0v) is 14.3. The largest absolute Gasteiger partial charge is 0.462 e. The summed E-state index contributed by atoms with van der Waals surface area (Å²) < 4.78 is 6.38. The Morgan fingerprint density at radius 3 is 2.17 bits per heavy atom. The van der Waals surface area contributed by atoms with E-state index in [1.54, 1.807) is 0 Å². The number of esters is 1. The van der Waals surface area contributed by atoms with Gasteiger partial charge >= 0.3 is 5.97 Å². The summed E-state index contributed by atoms with van der Waals surface area (Å²) in [5.41, 5.74) is 2.62. The van der Waals surface area contributed by atoms with E-state index in [1.165, 1.54) is 0 Å². The Bertz CT molecular complexity index is 427. The van der Waals surface area contributed by atoms with Crippen molar-refractivity contribution in [1.29, 1.82) is 0 Å². The quantitative estimate of drug-likeness (QED) is 0.598. The summed E-state index contributed by atoms with van der Waals surface area (Å²) in [7, 11) is -1.15. The molecule has 18 heavy (non-hydrogen) atoms. The zero-order valence-electron chi connectivity index (χ0n) is 11.8. The van der Waals surface area contributed by atoms with Crippen molar-refractivity contribution in [2.75, 3.05) is 6.61 Å². The monoisotopic (exact) mass is 328 g/mol. The molecular formula is C14H21BrO2Si. The molecule has 4 heteroatoms. The summed E-state index contributed by atoms with van der Waals surface area (Å²) in [5, 5.41) is 0. The van der Waals surface area contributed by atoms with Crippen molar-refractivity contribution in [1.82, 2.24) is 0 Å². The Kier molecular flexibility index (Phi) is 5.17. The van der Waals surface area contributed by atoms with E-state index in [0.717, 1.165) is 21.6 Å². The third-order valence-corrected chi connectivity index (χ3v) is 4.95. The van der Waals surface area contributed by atoms with Crippen LogP contribution in [0.3, 0.4) is 0 Å². The minimum Gasteiger partial charge on any atom is -0.462 e. The second kappa shape index (κ2) is 6.02. The van der Waals surface area contributed by atoms with Crippen LogP contribution in [0, 0.1) is 13.8 Å². The first-order valence-electron chi connectivity index (χ1n) is 6.14. The van der Waals surface area contributed by atoms with Crippen LogP contribution in [0.1, 0.15) is 21.5 Å². The number of aryl methyl sites for hydroxylation is 2. The van der Waals surface area contributed by atoms with Crippen molar-refractivity contribution in [3.05, 3.63) is 33.3 Å². The van der Waals surface area contributed by atoms with E-state index in [-0.39, 0.29) is 5.97 Å². The first kappa shape index (κ1) is 15.4. The molecule has 0 aromatic heterocycles. The van der Waals surface area contributed by atoms with Crippen LogP contribution in [0.15, 0.2) is 16.6 Å². The predicted molar refractivity (Wildman–Crippen MR) is 82.1 cm³/mol. The van der Waals surface area contributed by atoms with Gasteiger partial charge in [-0.25, -0.2) is 4.79 Å². The minimum absolute atomic E-state index is 0.198. The molecule has 1 aromatic carbocycles. The predicted octanol–water partition coefficient (Wildman–Crippen LogP) is 4.56. The summed E-state index contributed by atoms with van der Waals surface area (Å²) in [6.45, 7) is 11.2. The molecule has 0 radical (unpaired) electrons. The average molecular weight is 329 g/mol. The van der Waals surface area contributed by atoms with Crippen LogP contribution in [-0.4, -0.2) is 20.7 Å². The summed E-state index contributed by atoms with van der Waals surface area (Å²) in [6.07, 6.45) is 0. The molecule has 0 atom stereocenters. The highest BCUT2D eigenvalue weighted by Crippen LogP contribution is 2.21. The smallest absolute Gasteiger partial charge is 0.338 e. The highest BCUT2D eigenvalue weighted by molar-refractivity contribution is 9.10. The van der Waals surface area contributed by atoms with E-state index in [1.807, 2.05) is 26.0 Å². The number of hydrogen-bond acceptors (Lipinski definition) is 2. The second-order valence-electron chi connectivity index (χ2n) is 5.86. The number of benzene rings is 1. The Morgan fingerprint density at radius 1 is 1.22 bits per heavy atom. The molecule has 0 aliphatic heterocycles. The van der Waals surface area contributed by atoms with Crippen LogP contribution in [0.4, 0.5) is 0 Å². The first-order chi connectivity index (χ1) is 8.20. The third-order valence-electron chi connectivity index (χ3n) is 2.79. The van der Waals surface area contributed by atoms with Gasteiger partial charge in [-0.05, 0) is 43.2 Å². The molecule has 0 aliphatic carbocycles. The molecule has 0 bridgehead atoms. The lowest BCUT2D eigenvalue weighted by Crippen LogP contribution is -2.23. The van der Waals surface area contributed by atoms with E-state index < -0.39 is 8.07 Å². The van der Waals surface area contributed by atoms with Gasteiger partial charge in [0.05, 0.1) is 12.2 Å². The minimum atomic E-state index is -1.15. The van der Waals surface area contributed by atoms with Gasteiger partial charge in [-0.1, -0.05) is 35.6 Å². The lowest BCUT2D eigenvalue weighted by Gasteiger charge is -2.16. The molecule has 0 spiro atoms. The average Bonchev–Trinajstić information content (AvgIpc) is 2.13. The SMILES string of the molecule is Cc1cc(Br)cc(C)c1C(=O)OCC[Si](C)(C)C. The van der Waals surface area contributed by atoms with Gasteiger partial charge in [0, 0.05) is 12.5 Å². The molecule has 100 valence electrons. The molecule has 0 saturated heterocycles. The lowest BCUT2D eigenvalue weighted by molar-refractivity contribution is 0.0523. The molecule has 1 rings (SSSR count). The number of carbonyl (C=O) groups excluding carboxylic acids is 1. The van der Waals surface area contributed by atoms with E-state index in [9.17, 15) is 4.79 Å². The Hall–Kier alpha value is -0.613.